The van der Waals surface area contributed by atoms with Gasteiger partial charge in [-0.15, -0.1) is 0 Å². The number of benzene rings is 1. The van der Waals surface area contributed by atoms with Gasteiger partial charge in [0.2, 0.25) is 5.91 Å². The molecular weight excluding hydrogens is 386 g/mol. The van der Waals surface area contributed by atoms with Crippen LogP contribution in [0, 0.1) is 0 Å². The van der Waals surface area contributed by atoms with Crippen LogP contribution in [0.2, 0.25) is 0 Å². The summed E-state index contributed by atoms with van der Waals surface area (Å²) >= 11 is 0. The van der Waals surface area contributed by atoms with E-state index in [1.165, 1.54) is 9.80 Å². The van der Waals surface area contributed by atoms with Crippen LogP contribution < -0.4 is 0 Å². The lowest BCUT2D eigenvalue weighted by atomic mass is 10.1. The summed E-state index contributed by atoms with van der Waals surface area (Å²) in [6.07, 6.45) is 0.459. The molecule has 8 nitrogen and oxygen atoms in total. The standard InChI is InChI=1S/C22H31N3O5/c1-22(2,3)30-19(27)15-24(14-13-23(4)5)18(26)11-8-12-25-20(28)16-9-6-7-10-17(16)21(25)29/h6-7,9-10H,8,11-15H2,1-5H3. The predicted octanol–water partition coefficient (Wildman–Crippen LogP) is 1.79. The topological polar surface area (TPSA) is 87.2 Å². The summed E-state index contributed by atoms with van der Waals surface area (Å²) in [6, 6.07) is 6.70. The van der Waals surface area contributed by atoms with Gasteiger partial charge in [0.05, 0.1) is 11.1 Å². The van der Waals surface area contributed by atoms with Crippen molar-refractivity contribution < 1.29 is 23.9 Å². The summed E-state index contributed by atoms with van der Waals surface area (Å²) in [6.45, 7) is 6.35. The monoisotopic (exact) mass is 417 g/mol. The first kappa shape index (κ1) is 23.5. The number of carbonyl (C=O) groups is 4. The fraction of sp³-hybridized carbons (Fsp3) is 0.545. The molecule has 2 rings (SSSR count). The zero-order valence-corrected chi connectivity index (χ0v) is 18.4. The minimum absolute atomic E-state index is 0.128. The molecule has 164 valence electrons. The summed E-state index contributed by atoms with van der Waals surface area (Å²) in [5.74, 6) is -1.34. The molecule has 0 aliphatic carbocycles. The molecule has 0 spiro atoms. The van der Waals surface area contributed by atoms with Gasteiger partial charge in [0.25, 0.3) is 11.8 Å². The van der Waals surface area contributed by atoms with Gasteiger partial charge in [0.15, 0.2) is 0 Å². The molecule has 1 aromatic carbocycles. The molecule has 0 saturated heterocycles. The van der Waals surface area contributed by atoms with E-state index >= 15 is 0 Å². The number of ether oxygens (including phenoxy) is 1. The predicted molar refractivity (Wildman–Crippen MR) is 112 cm³/mol. The quantitative estimate of drug-likeness (QED) is 0.450. The number of hydrogen-bond donors (Lipinski definition) is 0. The lowest BCUT2D eigenvalue weighted by molar-refractivity contribution is -0.159. The summed E-state index contributed by atoms with van der Waals surface area (Å²) in [5.41, 5.74) is 0.163. The Balaban J connectivity index is 1.92. The van der Waals surface area contributed by atoms with Gasteiger partial charge in [-0.25, -0.2) is 0 Å². The molecule has 1 heterocycles. The third kappa shape index (κ3) is 6.38. The van der Waals surface area contributed by atoms with E-state index in [0.29, 0.717) is 30.6 Å². The third-order valence-electron chi connectivity index (χ3n) is 4.56. The van der Waals surface area contributed by atoms with Crippen molar-refractivity contribution in [1.82, 2.24) is 14.7 Å². The van der Waals surface area contributed by atoms with Crippen molar-refractivity contribution in [1.29, 1.82) is 0 Å². The highest BCUT2D eigenvalue weighted by Crippen LogP contribution is 2.22. The van der Waals surface area contributed by atoms with Crippen LogP contribution in [0.5, 0.6) is 0 Å². The molecule has 1 aliphatic heterocycles. The van der Waals surface area contributed by atoms with E-state index in [4.69, 9.17) is 4.74 Å². The number of rotatable bonds is 9. The van der Waals surface area contributed by atoms with Crippen LogP contribution in [-0.2, 0) is 14.3 Å². The van der Waals surface area contributed by atoms with Crippen molar-refractivity contribution in [2.75, 3.05) is 40.3 Å². The second-order valence-electron chi connectivity index (χ2n) is 8.62. The van der Waals surface area contributed by atoms with Crippen molar-refractivity contribution in [3.05, 3.63) is 35.4 Å². The largest absolute Gasteiger partial charge is 0.459 e. The Labute approximate surface area is 177 Å². The second-order valence-corrected chi connectivity index (χ2v) is 8.62. The Kier molecular flexibility index (Phi) is 7.72. The zero-order valence-electron chi connectivity index (χ0n) is 18.4. The Hall–Kier alpha value is -2.74. The van der Waals surface area contributed by atoms with Crippen LogP contribution in [0.1, 0.15) is 54.3 Å². The normalized spacial score (nSPS) is 13.6. The minimum Gasteiger partial charge on any atom is -0.459 e. The van der Waals surface area contributed by atoms with E-state index < -0.39 is 11.6 Å². The van der Waals surface area contributed by atoms with E-state index in [9.17, 15) is 19.2 Å². The highest BCUT2D eigenvalue weighted by Gasteiger charge is 2.34. The van der Waals surface area contributed by atoms with Crippen LogP contribution in [0.3, 0.4) is 0 Å². The first-order valence-corrected chi connectivity index (χ1v) is 10.1. The minimum atomic E-state index is -0.626. The average Bonchev–Trinajstić information content (AvgIpc) is 2.88. The number of imide groups is 1. The molecular formula is C22H31N3O5. The fourth-order valence-electron chi connectivity index (χ4n) is 3.13. The second kappa shape index (κ2) is 9.84. The average molecular weight is 418 g/mol. The number of amides is 3. The summed E-state index contributed by atoms with van der Waals surface area (Å²) < 4.78 is 5.33. The van der Waals surface area contributed by atoms with E-state index in [-0.39, 0.29) is 37.2 Å². The Bertz CT molecular complexity index is 778. The van der Waals surface area contributed by atoms with Gasteiger partial charge in [-0.3, -0.25) is 24.1 Å². The van der Waals surface area contributed by atoms with Crippen molar-refractivity contribution >= 4 is 23.7 Å². The zero-order chi connectivity index (χ0) is 22.5. The summed E-state index contributed by atoms with van der Waals surface area (Å²) in [5, 5.41) is 0. The van der Waals surface area contributed by atoms with Crippen molar-refractivity contribution in [2.45, 2.75) is 39.2 Å². The first-order valence-electron chi connectivity index (χ1n) is 10.1. The van der Waals surface area contributed by atoms with E-state index in [1.54, 1.807) is 45.0 Å². The number of hydrogen-bond acceptors (Lipinski definition) is 6. The number of esters is 1. The molecule has 0 saturated carbocycles. The lowest BCUT2D eigenvalue weighted by Gasteiger charge is -2.26. The highest BCUT2D eigenvalue weighted by atomic mass is 16.6. The summed E-state index contributed by atoms with van der Waals surface area (Å²) in [4.78, 5) is 54.3. The lowest BCUT2D eigenvalue weighted by Crippen LogP contribution is -2.42. The molecule has 1 aliphatic rings. The Morgan fingerprint density at radius 1 is 1.00 bits per heavy atom. The molecule has 3 amide bonds. The molecule has 0 bridgehead atoms. The molecule has 0 atom stereocenters. The molecule has 0 radical (unpaired) electrons. The smallest absolute Gasteiger partial charge is 0.326 e. The van der Waals surface area contributed by atoms with Crippen LogP contribution in [0.25, 0.3) is 0 Å². The number of likely N-dealkylation sites (N-methyl/N-ethyl adjacent to an activating group) is 1. The van der Waals surface area contributed by atoms with E-state index in [0.717, 1.165) is 0 Å². The fourth-order valence-corrected chi connectivity index (χ4v) is 3.13. The van der Waals surface area contributed by atoms with E-state index in [2.05, 4.69) is 0 Å². The van der Waals surface area contributed by atoms with Gasteiger partial charge < -0.3 is 14.5 Å². The van der Waals surface area contributed by atoms with Crippen molar-refractivity contribution in [2.24, 2.45) is 0 Å². The van der Waals surface area contributed by atoms with Gasteiger partial charge in [-0.2, -0.15) is 0 Å². The van der Waals surface area contributed by atoms with Crippen LogP contribution in [0.15, 0.2) is 24.3 Å². The number of fused-ring (bicyclic) bond motifs is 1. The maximum absolute atomic E-state index is 12.7. The molecule has 1 aromatic rings. The third-order valence-corrected chi connectivity index (χ3v) is 4.56. The number of carbonyl (C=O) groups excluding carboxylic acids is 4. The van der Waals surface area contributed by atoms with Gasteiger partial charge in [-0.05, 0) is 53.4 Å². The number of nitrogens with zero attached hydrogens (tertiary/aromatic N) is 3. The maximum Gasteiger partial charge on any atom is 0.326 e. The Morgan fingerprint density at radius 2 is 1.57 bits per heavy atom. The maximum atomic E-state index is 12.7. The van der Waals surface area contributed by atoms with Crippen LogP contribution in [-0.4, -0.2) is 84.3 Å². The first-order chi connectivity index (χ1) is 14.0. The summed E-state index contributed by atoms with van der Waals surface area (Å²) in [7, 11) is 3.77. The van der Waals surface area contributed by atoms with Gasteiger partial charge in [0, 0.05) is 26.1 Å². The SMILES string of the molecule is CN(C)CCN(CC(=O)OC(C)(C)C)C(=O)CCCN1C(=O)c2ccccc2C1=O. The molecule has 8 heteroatoms. The molecule has 30 heavy (non-hydrogen) atoms. The Morgan fingerprint density at radius 3 is 2.07 bits per heavy atom. The molecule has 0 aromatic heterocycles. The van der Waals surface area contributed by atoms with Crippen molar-refractivity contribution in [3.63, 3.8) is 0 Å². The van der Waals surface area contributed by atoms with Gasteiger partial charge in [0.1, 0.15) is 12.1 Å². The van der Waals surface area contributed by atoms with Gasteiger partial charge in [-0.1, -0.05) is 12.1 Å². The van der Waals surface area contributed by atoms with Crippen LogP contribution in [0.4, 0.5) is 0 Å². The molecule has 0 fully saturated rings. The van der Waals surface area contributed by atoms with Gasteiger partial charge >= 0.3 is 5.97 Å². The molecule has 0 N–H and O–H groups in total. The van der Waals surface area contributed by atoms with E-state index in [1.807, 2.05) is 19.0 Å². The molecule has 0 unspecified atom stereocenters. The van der Waals surface area contributed by atoms with Crippen molar-refractivity contribution in [3.8, 4) is 0 Å². The van der Waals surface area contributed by atoms with Crippen LogP contribution >= 0.6 is 0 Å². The highest BCUT2D eigenvalue weighted by molar-refractivity contribution is 6.21.